The predicted octanol–water partition coefficient (Wildman–Crippen LogP) is 4.86. The largest absolute Gasteiger partial charge is 0.457 e. The highest BCUT2D eigenvalue weighted by atomic mass is 35.5. The van der Waals surface area contributed by atoms with Crippen molar-refractivity contribution in [2.45, 2.75) is 6.42 Å². The van der Waals surface area contributed by atoms with Crippen molar-refractivity contribution in [3.63, 3.8) is 0 Å². The third-order valence-corrected chi connectivity index (χ3v) is 4.55. The zero-order valence-corrected chi connectivity index (χ0v) is 16.8. The van der Waals surface area contributed by atoms with Crippen LogP contribution in [0.5, 0.6) is 11.5 Å². The molecule has 0 unspecified atom stereocenters. The van der Waals surface area contributed by atoms with Crippen molar-refractivity contribution in [1.29, 1.82) is 0 Å². The molecule has 0 atom stereocenters. The standard InChI is InChI=1S/C22H18Cl2N2O3/c23-17-11-14(12-18(24)13-17)9-10-26-22(28)16-3-7-20(8-4-16)29-19-5-1-15(2-6-19)21(25)27/h1-8,11-13H,9-10H2,(H2,25,27)(H,26,28). The van der Waals surface area contributed by atoms with Crippen LogP contribution in [0, 0.1) is 0 Å². The summed E-state index contributed by atoms with van der Waals surface area (Å²) >= 11 is 12.0. The third kappa shape index (κ3) is 5.98. The predicted molar refractivity (Wildman–Crippen MR) is 114 cm³/mol. The van der Waals surface area contributed by atoms with Crippen LogP contribution in [0.15, 0.2) is 66.7 Å². The SMILES string of the molecule is NC(=O)c1ccc(Oc2ccc(C(=O)NCCc3cc(Cl)cc(Cl)c3)cc2)cc1. The molecule has 0 spiro atoms. The Labute approximate surface area is 178 Å². The minimum Gasteiger partial charge on any atom is -0.457 e. The molecule has 0 saturated heterocycles. The van der Waals surface area contributed by atoms with Crippen LogP contribution in [-0.2, 0) is 6.42 Å². The molecule has 3 aromatic rings. The molecule has 3 N–H and O–H groups in total. The summed E-state index contributed by atoms with van der Waals surface area (Å²) in [4.78, 5) is 23.4. The number of hydrogen-bond donors (Lipinski definition) is 2. The fourth-order valence-corrected chi connectivity index (χ4v) is 3.25. The van der Waals surface area contributed by atoms with Gasteiger partial charge in [-0.15, -0.1) is 0 Å². The molecule has 2 amide bonds. The lowest BCUT2D eigenvalue weighted by Gasteiger charge is -2.08. The first-order valence-electron chi connectivity index (χ1n) is 8.82. The molecule has 0 aromatic heterocycles. The summed E-state index contributed by atoms with van der Waals surface area (Å²) < 4.78 is 5.70. The Morgan fingerprint density at radius 1 is 0.828 bits per heavy atom. The molecule has 0 fully saturated rings. The fraction of sp³-hybridized carbons (Fsp3) is 0.0909. The number of ether oxygens (including phenoxy) is 1. The Morgan fingerprint density at radius 3 is 1.86 bits per heavy atom. The van der Waals surface area contributed by atoms with E-state index in [-0.39, 0.29) is 5.91 Å². The van der Waals surface area contributed by atoms with Gasteiger partial charge in [-0.05, 0) is 78.7 Å². The van der Waals surface area contributed by atoms with Gasteiger partial charge in [-0.1, -0.05) is 23.2 Å². The summed E-state index contributed by atoms with van der Waals surface area (Å²) in [5.41, 5.74) is 7.09. The number of hydrogen-bond acceptors (Lipinski definition) is 3. The highest BCUT2D eigenvalue weighted by Crippen LogP contribution is 2.22. The van der Waals surface area contributed by atoms with E-state index in [1.807, 2.05) is 12.1 Å². The van der Waals surface area contributed by atoms with Crippen LogP contribution in [-0.4, -0.2) is 18.4 Å². The molecule has 0 heterocycles. The summed E-state index contributed by atoms with van der Waals surface area (Å²) in [6, 6.07) is 18.6. The van der Waals surface area contributed by atoms with E-state index in [0.29, 0.717) is 45.6 Å². The molecule has 3 rings (SSSR count). The van der Waals surface area contributed by atoms with Gasteiger partial charge in [-0.25, -0.2) is 0 Å². The molecular weight excluding hydrogens is 411 g/mol. The van der Waals surface area contributed by atoms with Crippen molar-refractivity contribution in [3.8, 4) is 11.5 Å². The van der Waals surface area contributed by atoms with E-state index in [4.69, 9.17) is 33.7 Å². The molecule has 5 nitrogen and oxygen atoms in total. The molecule has 7 heteroatoms. The van der Waals surface area contributed by atoms with Crippen LogP contribution in [0.2, 0.25) is 10.0 Å². The monoisotopic (exact) mass is 428 g/mol. The second-order valence-electron chi connectivity index (χ2n) is 6.30. The van der Waals surface area contributed by atoms with E-state index in [9.17, 15) is 9.59 Å². The van der Waals surface area contributed by atoms with Gasteiger partial charge in [0.25, 0.3) is 5.91 Å². The van der Waals surface area contributed by atoms with Gasteiger partial charge in [-0.2, -0.15) is 0 Å². The minimum atomic E-state index is -0.495. The van der Waals surface area contributed by atoms with E-state index in [2.05, 4.69) is 5.32 Å². The van der Waals surface area contributed by atoms with E-state index in [1.165, 1.54) is 0 Å². The van der Waals surface area contributed by atoms with Crippen LogP contribution in [0.25, 0.3) is 0 Å². The summed E-state index contributed by atoms with van der Waals surface area (Å²) in [7, 11) is 0. The van der Waals surface area contributed by atoms with Crippen LogP contribution < -0.4 is 15.8 Å². The normalized spacial score (nSPS) is 10.4. The van der Waals surface area contributed by atoms with E-state index < -0.39 is 5.91 Å². The number of primary amides is 1. The van der Waals surface area contributed by atoms with Gasteiger partial charge in [0.2, 0.25) is 5.91 Å². The van der Waals surface area contributed by atoms with Gasteiger partial charge >= 0.3 is 0 Å². The van der Waals surface area contributed by atoms with Crippen molar-refractivity contribution in [2.24, 2.45) is 5.73 Å². The molecule has 0 saturated carbocycles. The topological polar surface area (TPSA) is 81.4 Å². The van der Waals surface area contributed by atoms with Gasteiger partial charge in [0, 0.05) is 27.7 Å². The quantitative estimate of drug-likeness (QED) is 0.563. The number of nitrogens with two attached hydrogens (primary N) is 1. The molecule has 0 aliphatic heterocycles. The average Bonchev–Trinajstić information content (AvgIpc) is 2.68. The molecule has 3 aromatic carbocycles. The van der Waals surface area contributed by atoms with Crippen molar-refractivity contribution in [3.05, 3.63) is 93.5 Å². The number of benzene rings is 3. The average molecular weight is 429 g/mol. The van der Waals surface area contributed by atoms with E-state index in [1.54, 1.807) is 54.6 Å². The van der Waals surface area contributed by atoms with Crippen molar-refractivity contribution < 1.29 is 14.3 Å². The Hall–Kier alpha value is -3.02. The van der Waals surface area contributed by atoms with Gasteiger partial charge in [-0.3, -0.25) is 9.59 Å². The highest BCUT2D eigenvalue weighted by Gasteiger charge is 2.07. The summed E-state index contributed by atoms with van der Waals surface area (Å²) in [5.74, 6) is 0.454. The van der Waals surface area contributed by atoms with Gasteiger partial charge in [0.05, 0.1) is 0 Å². The molecule has 29 heavy (non-hydrogen) atoms. The van der Waals surface area contributed by atoms with Crippen molar-refractivity contribution >= 4 is 35.0 Å². The molecule has 0 bridgehead atoms. The van der Waals surface area contributed by atoms with Gasteiger partial charge in [0.1, 0.15) is 11.5 Å². The van der Waals surface area contributed by atoms with Gasteiger partial charge in [0.15, 0.2) is 0 Å². The smallest absolute Gasteiger partial charge is 0.251 e. The zero-order chi connectivity index (χ0) is 20.8. The summed E-state index contributed by atoms with van der Waals surface area (Å²) in [6.07, 6.45) is 0.620. The minimum absolute atomic E-state index is 0.185. The first-order chi connectivity index (χ1) is 13.9. The number of carbonyl (C=O) groups is 2. The number of rotatable bonds is 7. The Bertz CT molecular complexity index is 999. The Kier molecular flexibility index (Phi) is 6.75. The van der Waals surface area contributed by atoms with Gasteiger partial charge < -0.3 is 15.8 Å². The number of nitrogens with one attached hydrogen (secondary N) is 1. The maximum atomic E-state index is 12.3. The summed E-state index contributed by atoms with van der Waals surface area (Å²) in [5, 5.41) is 4.00. The first-order valence-corrected chi connectivity index (χ1v) is 9.57. The van der Waals surface area contributed by atoms with Crippen LogP contribution in [0.4, 0.5) is 0 Å². The summed E-state index contributed by atoms with van der Waals surface area (Å²) in [6.45, 7) is 0.458. The van der Waals surface area contributed by atoms with Crippen LogP contribution in [0.3, 0.4) is 0 Å². The first kappa shape index (κ1) is 20.7. The maximum absolute atomic E-state index is 12.3. The second kappa shape index (κ2) is 9.45. The molecule has 0 aliphatic carbocycles. The highest BCUT2D eigenvalue weighted by molar-refractivity contribution is 6.34. The second-order valence-corrected chi connectivity index (χ2v) is 7.17. The fourth-order valence-electron chi connectivity index (χ4n) is 2.68. The Balaban J connectivity index is 1.53. The number of halogens is 2. The van der Waals surface area contributed by atoms with E-state index >= 15 is 0 Å². The van der Waals surface area contributed by atoms with Crippen LogP contribution in [0.1, 0.15) is 26.3 Å². The molecule has 0 radical (unpaired) electrons. The number of amides is 2. The van der Waals surface area contributed by atoms with Crippen molar-refractivity contribution in [1.82, 2.24) is 5.32 Å². The Morgan fingerprint density at radius 2 is 1.34 bits per heavy atom. The molecular formula is C22H18Cl2N2O3. The number of carbonyl (C=O) groups excluding carboxylic acids is 2. The van der Waals surface area contributed by atoms with E-state index in [0.717, 1.165) is 5.56 Å². The maximum Gasteiger partial charge on any atom is 0.251 e. The lowest BCUT2D eigenvalue weighted by Crippen LogP contribution is -2.25. The lowest BCUT2D eigenvalue weighted by atomic mass is 10.1. The molecule has 148 valence electrons. The molecule has 0 aliphatic rings. The zero-order valence-electron chi connectivity index (χ0n) is 15.3. The third-order valence-electron chi connectivity index (χ3n) is 4.11. The van der Waals surface area contributed by atoms with Crippen LogP contribution >= 0.6 is 23.2 Å². The van der Waals surface area contributed by atoms with Crippen molar-refractivity contribution in [2.75, 3.05) is 6.54 Å². The lowest BCUT2D eigenvalue weighted by molar-refractivity contribution is 0.0952.